The number of rotatable bonds is 4. The van der Waals surface area contributed by atoms with Crippen molar-refractivity contribution in [1.82, 2.24) is 4.90 Å². The summed E-state index contributed by atoms with van der Waals surface area (Å²) in [6.07, 6.45) is 5.31. The average molecular weight is 236 g/mol. The third-order valence-corrected chi connectivity index (χ3v) is 3.87. The van der Waals surface area contributed by atoms with Gasteiger partial charge in [-0.3, -0.25) is 4.90 Å². The Morgan fingerprint density at radius 1 is 1.47 bits per heavy atom. The number of nitrogens with zero attached hydrogens (tertiary/aromatic N) is 1. The second-order valence-corrected chi connectivity index (χ2v) is 5.03. The lowest BCUT2D eigenvalue weighted by molar-refractivity contribution is 0.135. The molecule has 96 valence electrons. The number of aryl methyl sites for hydroxylation is 1. The highest BCUT2D eigenvalue weighted by Crippen LogP contribution is 2.24. The summed E-state index contributed by atoms with van der Waals surface area (Å²) in [5, 5.41) is 0. The van der Waals surface area contributed by atoms with Gasteiger partial charge in [-0.05, 0) is 38.8 Å². The molecule has 1 aliphatic heterocycles. The van der Waals surface area contributed by atoms with Crippen molar-refractivity contribution in [3.05, 3.63) is 23.2 Å². The summed E-state index contributed by atoms with van der Waals surface area (Å²) in [4.78, 5) is 2.60. The summed E-state index contributed by atoms with van der Waals surface area (Å²) in [6.45, 7) is 7.07. The van der Waals surface area contributed by atoms with E-state index in [0.29, 0.717) is 6.54 Å². The Bertz CT molecular complexity index is 359. The van der Waals surface area contributed by atoms with E-state index in [1.165, 1.54) is 37.8 Å². The largest absolute Gasteiger partial charge is 0.465 e. The zero-order valence-electron chi connectivity index (χ0n) is 11.0. The molecule has 17 heavy (non-hydrogen) atoms. The van der Waals surface area contributed by atoms with Crippen LogP contribution in [-0.2, 0) is 13.1 Å². The van der Waals surface area contributed by atoms with E-state index in [4.69, 9.17) is 10.2 Å². The van der Waals surface area contributed by atoms with Gasteiger partial charge in [0.05, 0.1) is 6.54 Å². The Morgan fingerprint density at radius 3 is 2.94 bits per heavy atom. The van der Waals surface area contributed by atoms with E-state index in [1.807, 2.05) is 6.92 Å². The fraction of sp³-hybridized carbons (Fsp3) is 0.714. The van der Waals surface area contributed by atoms with Crippen LogP contribution in [0.5, 0.6) is 0 Å². The molecule has 3 heteroatoms. The van der Waals surface area contributed by atoms with Gasteiger partial charge in [0.25, 0.3) is 0 Å². The maximum absolute atomic E-state index is 5.62. The second-order valence-electron chi connectivity index (χ2n) is 5.03. The molecule has 0 saturated carbocycles. The SMILES string of the molecule is CCC1CCCCN1Cc1cc(CN)oc1C. The van der Waals surface area contributed by atoms with Crippen LogP contribution < -0.4 is 5.73 Å². The zero-order chi connectivity index (χ0) is 12.3. The smallest absolute Gasteiger partial charge is 0.118 e. The van der Waals surface area contributed by atoms with Crippen molar-refractivity contribution in [2.24, 2.45) is 5.73 Å². The van der Waals surface area contributed by atoms with Crippen LogP contribution in [0.1, 0.15) is 49.7 Å². The van der Waals surface area contributed by atoms with Crippen molar-refractivity contribution in [3.8, 4) is 0 Å². The lowest BCUT2D eigenvalue weighted by Crippen LogP contribution is -2.38. The average Bonchev–Trinajstić information content (AvgIpc) is 2.71. The van der Waals surface area contributed by atoms with Gasteiger partial charge in [-0.25, -0.2) is 0 Å². The van der Waals surface area contributed by atoms with Crippen LogP contribution in [0.3, 0.4) is 0 Å². The Morgan fingerprint density at radius 2 is 2.29 bits per heavy atom. The van der Waals surface area contributed by atoms with E-state index in [9.17, 15) is 0 Å². The highest BCUT2D eigenvalue weighted by Gasteiger charge is 2.22. The Labute approximate surface area is 104 Å². The first-order valence-corrected chi connectivity index (χ1v) is 6.77. The van der Waals surface area contributed by atoms with Gasteiger partial charge in [-0.2, -0.15) is 0 Å². The molecule has 0 spiro atoms. The van der Waals surface area contributed by atoms with Gasteiger partial charge < -0.3 is 10.2 Å². The lowest BCUT2D eigenvalue weighted by Gasteiger charge is -2.35. The minimum Gasteiger partial charge on any atom is -0.465 e. The molecule has 0 aromatic carbocycles. The van der Waals surface area contributed by atoms with Crippen LogP contribution in [0.25, 0.3) is 0 Å². The van der Waals surface area contributed by atoms with Gasteiger partial charge in [-0.15, -0.1) is 0 Å². The van der Waals surface area contributed by atoms with Crippen molar-refractivity contribution in [3.63, 3.8) is 0 Å². The normalized spacial score (nSPS) is 21.9. The first-order valence-electron chi connectivity index (χ1n) is 6.77. The van der Waals surface area contributed by atoms with Crippen molar-refractivity contribution in [2.75, 3.05) is 6.54 Å². The van der Waals surface area contributed by atoms with Gasteiger partial charge in [-0.1, -0.05) is 13.3 Å². The fourth-order valence-corrected chi connectivity index (χ4v) is 2.79. The monoisotopic (exact) mass is 236 g/mol. The Balaban J connectivity index is 2.05. The predicted octanol–water partition coefficient (Wildman–Crippen LogP) is 2.81. The summed E-state index contributed by atoms with van der Waals surface area (Å²) in [6, 6.07) is 2.87. The Hall–Kier alpha value is -0.800. The van der Waals surface area contributed by atoms with Crippen LogP contribution in [0.2, 0.25) is 0 Å². The number of nitrogens with two attached hydrogens (primary N) is 1. The molecule has 1 aliphatic rings. The van der Waals surface area contributed by atoms with E-state index in [0.717, 1.165) is 24.1 Å². The quantitative estimate of drug-likeness (QED) is 0.874. The minimum absolute atomic E-state index is 0.498. The van der Waals surface area contributed by atoms with Crippen molar-refractivity contribution in [1.29, 1.82) is 0 Å². The molecule has 1 atom stereocenters. The number of likely N-dealkylation sites (tertiary alicyclic amines) is 1. The summed E-state index contributed by atoms with van der Waals surface area (Å²) < 4.78 is 5.62. The first kappa shape index (κ1) is 12.7. The third-order valence-electron chi connectivity index (χ3n) is 3.87. The van der Waals surface area contributed by atoms with Gasteiger partial charge >= 0.3 is 0 Å². The molecule has 3 nitrogen and oxygen atoms in total. The first-order chi connectivity index (χ1) is 8.24. The Kier molecular flexibility index (Phi) is 4.24. The minimum atomic E-state index is 0.498. The van der Waals surface area contributed by atoms with Crippen molar-refractivity contribution >= 4 is 0 Å². The molecule has 2 heterocycles. The molecule has 1 unspecified atom stereocenters. The molecule has 0 bridgehead atoms. The van der Waals surface area contributed by atoms with Crippen LogP contribution in [0.15, 0.2) is 10.5 Å². The van der Waals surface area contributed by atoms with Gasteiger partial charge in [0.1, 0.15) is 11.5 Å². The maximum atomic E-state index is 5.62. The number of piperidine rings is 1. The molecular formula is C14H24N2O. The molecular weight excluding hydrogens is 212 g/mol. The van der Waals surface area contributed by atoms with Crippen molar-refractivity contribution < 1.29 is 4.42 Å². The molecule has 1 aromatic heterocycles. The summed E-state index contributed by atoms with van der Waals surface area (Å²) >= 11 is 0. The molecule has 1 fully saturated rings. The predicted molar refractivity (Wildman–Crippen MR) is 69.7 cm³/mol. The number of furan rings is 1. The maximum Gasteiger partial charge on any atom is 0.118 e. The van der Waals surface area contributed by atoms with Crippen molar-refractivity contribution in [2.45, 2.75) is 58.7 Å². The van der Waals surface area contributed by atoms with Crippen LogP contribution in [-0.4, -0.2) is 17.5 Å². The topological polar surface area (TPSA) is 42.4 Å². The lowest BCUT2D eigenvalue weighted by atomic mass is 9.99. The molecule has 2 rings (SSSR count). The third kappa shape index (κ3) is 2.90. The van der Waals surface area contributed by atoms with Crippen LogP contribution in [0.4, 0.5) is 0 Å². The van der Waals surface area contributed by atoms with E-state index >= 15 is 0 Å². The molecule has 0 amide bonds. The summed E-state index contributed by atoms with van der Waals surface area (Å²) in [5.41, 5.74) is 6.92. The zero-order valence-corrected chi connectivity index (χ0v) is 11.0. The van der Waals surface area contributed by atoms with Gasteiger partial charge in [0.2, 0.25) is 0 Å². The second kappa shape index (κ2) is 5.69. The number of hydrogen-bond donors (Lipinski definition) is 1. The van der Waals surface area contributed by atoms with Crippen LogP contribution >= 0.6 is 0 Å². The molecule has 1 aromatic rings. The standard InChI is InChI=1S/C14H24N2O/c1-3-13-6-4-5-7-16(13)10-12-8-14(9-15)17-11(12)2/h8,13H,3-7,9-10,15H2,1-2H3. The van der Waals surface area contributed by atoms with Crippen LogP contribution in [0, 0.1) is 6.92 Å². The molecule has 0 aliphatic carbocycles. The fourth-order valence-electron chi connectivity index (χ4n) is 2.79. The van der Waals surface area contributed by atoms with E-state index in [1.54, 1.807) is 0 Å². The highest BCUT2D eigenvalue weighted by molar-refractivity contribution is 5.20. The van der Waals surface area contributed by atoms with E-state index in [2.05, 4.69) is 17.9 Å². The molecule has 0 radical (unpaired) electrons. The van der Waals surface area contributed by atoms with Gasteiger partial charge in [0, 0.05) is 18.2 Å². The number of hydrogen-bond acceptors (Lipinski definition) is 3. The molecule has 1 saturated heterocycles. The molecule has 2 N–H and O–H groups in total. The summed E-state index contributed by atoms with van der Waals surface area (Å²) in [5.74, 6) is 1.94. The van der Waals surface area contributed by atoms with Gasteiger partial charge in [0.15, 0.2) is 0 Å². The van der Waals surface area contributed by atoms with E-state index < -0.39 is 0 Å². The summed E-state index contributed by atoms with van der Waals surface area (Å²) in [7, 11) is 0. The highest BCUT2D eigenvalue weighted by atomic mass is 16.3. The van der Waals surface area contributed by atoms with E-state index in [-0.39, 0.29) is 0 Å².